The highest BCUT2D eigenvalue weighted by Gasteiger charge is 2.14. The van der Waals surface area contributed by atoms with Crippen LogP contribution in [0.4, 0.5) is 0 Å². The number of nitrogens with one attached hydrogen (secondary N) is 1. The molecule has 120 valence electrons. The number of aromatic amines is 1. The van der Waals surface area contributed by atoms with Gasteiger partial charge in [0.1, 0.15) is 11.5 Å². The van der Waals surface area contributed by atoms with Gasteiger partial charge in [0, 0.05) is 16.5 Å². The lowest BCUT2D eigenvalue weighted by molar-refractivity contribution is 0.584. The number of fused-ring (bicyclic) bond motifs is 1. The van der Waals surface area contributed by atoms with Gasteiger partial charge in [-0.3, -0.25) is 4.79 Å². The molecular weight excluding hydrogens is 294 g/mol. The molecule has 1 unspecified atom stereocenters. The molecule has 0 fully saturated rings. The van der Waals surface area contributed by atoms with Crippen LogP contribution < -0.4 is 5.43 Å². The molecule has 1 aromatic carbocycles. The summed E-state index contributed by atoms with van der Waals surface area (Å²) in [5.74, 6) is 1.16. The molecule has 4 heteroatoms. The van der Waals surface area contributed by atoms with E-state index in [1.807, 2.05) is 31.2 Å². The number of para-hydroxylation sites is 1. The van der Waals surface area contributed by atoms with E-state index >= 15 is 0 Å². The number of pyridine rings is 1. The fraction of sp³-hybridized carbons (Fsp3) is 0.500. The van der Waals surface area contributed by atoms with E-state index in [1.165, 1.54) is 19.3 Å². The monoisotopic (exact) mass is 319 g/mol. The van der Waals surface area contributed by atoms with E-state index in [0.29, 0.717) is 16.7 Å². The molecule has 0 saturated heterocycles. The predicted octanol–water partition coefficient (Wildman–Crippen LogP) is 4.06. The van der Waals surface area contributed by atoms with Crippen LogP contribution in [0.1, 0.15) is 50.3 Å². The van der Waals surface area contributed by atoms with Crippen molar-refractivity contribution in [3.8, 4) is 0 Å². The molecule has 0 radical (unpaired) electrons. The van der Waals surface area contributed by atoms with Gasteiger partial charge >= 0.3 is 0 Å². The van der Waals surface area contributed by atoms with Crippen molar-refractivity contribution in [3.05, 3.63) is 45.7 Å². The molecule has 0 amide bonds. The van der Waals surface area contributed by atoms with Crippen molar-refractivity contribution >= 4 is 22.1 Å². The van der Waals surface area contributed by atoms with Crippen LogP contribution >= 0.6 is 0 Å². The molecule has 0 aliphatic carbocycles. The summed E-state index contributed by atoms with van der Waals surface area (Å²) in [7, 11) is 0. The van der Waals surface area contributed by atoms with Gasteiger partial charge in [0.2, 0.25) is 0 Å². The Hall–Kier alpha value is -1.26. The number of benzene rings is 1. The number of aromatic nitrogens is 1. The molecule has 1 N–H and O–H groups in total. The highest BCUT2D eigenvalue weighted by Crippen LogP contribution is 2.14. The van der Waals surface area contributed by atoms with Crippen molar-refractivity contribution in [2.45, 2.75) is 51.7 Å². The summed E-state index contributed by atoms with van der Waals surface area (Å²) in [5.41, 5.74) is 2.38. The minimum Gasteiger partial charge on any atom is -0.616 e. The van der Waals surface area contributed by atoms with Gasteiger partial charge in [0.15, 0.2) is 5.43 Å². The number of unbranched alkanes of at least 4 members (excludes halogenated alkanes) is 4. The van der Waals surface area contributed by atoms with Crippen LogP contribution in [-0.2, 0) is 16.9 Å². The summed E-state index contributed by atoms with van der Waals surface area (Å²) in [6, 6.07) is 7.50. The highest BCUT2D eigenvalue weighted by molar-refractivity contribution is 7.90. The molecular formula is C18H25NO2S. The summed E-state index contributed by atoms with van der Waals surface area (Å²) in [6.07, 6.45) is 5.85. The van der Waals surface area contributed by atoms with Gasteiger partial charge in [-0.1, -0.05) is 38.3 Å². The molecule has 3 nitrogen and oxygen atoms in total. The van der Waals surface area contributed by atoms with Crippen LogP contribution in [0.15, 0.2) is 29.1 Å². The zero-order valence-electron chi connectivity index (χ0n) is 13.5. The Balaban J connectivity index is 2.02. The third kappa shape index (κ3) is 4.37. The second-order valence-electron chi connectivity index (χ2n) is 5.81. The first-order valence-electron chi connectivity index (χ1n) is 8.09. The Labute approximate surface area is 135 Å². The van der Waals surface area contributed by atoms with Crippen LogP contribution in [0.3, 0.4) is 0 Å². The van der Waals surface area contributed by atoms with Crippen LogP contribution in [-0.4, -0.2) is 15.3 Å². The van der Waals surface area contributed by atoms with Gasteiger partial charge in [-0.25, -0.2) is 0 Å². The van der Waals surface area contributed by atoms with Crippen molar-refractivity contribution in [1.82, 2.24) is 4.98 Å². The second kappa shape index (κ2) is 8.39. The maximum absolute atomic E-state index is 12.3. The molecule has 2 rings (SSSR count). The standard InChI is InChI=1S/C18H25NO2S/c1-3-4-5-6-9-12-22(21)13-17-14(2)18(20)15-10-7-8-11-16(15)19-17/h7-8,10-11H,3-6,9,12-13H2,1-2H3,(H,19,20). The fourth-order valence-electron chi connectivity index (χ4n) is 2.63. The maximum atomic E-state index is 12.3. The average molecular weight is 319 g/mol. The topological polar surface area (TPSA) is 55.9 Å². The van der Waals surface area contributed by atoms with Crippen LogP contribution in [0.25, 0.3) is 10.9 Å². The number of rotatable bonds is 8. The zero-order valence-corrected chi connectivity index (χ0v) is 14.3. The van der Waals surface area contributed by atoms with Crippen molar-refractivity contribution in [3.63, 3.8) is 0 Å². The number of hydrogen-bond donors (Lipinski definition) is 1. The van der Waals surface area contributed by atoms with Gasteiger partial charge in [-0.05, 0) is 43.1 Å². The van der Waals surface area contributed by atoms with Crippen molar-refractivity contribution < 1.29 is 4.55 Å². The first-order chi connectivity index (χ1) is 10.6. The summed E-state index contributed by atoms with van der Waals surface area (Å²) >= 11 is -0.908. The molecule has 0 aliphatic heterocycles. The fourth-order valence-corrected chi connectivity index (χ4v) is 3.91. The minimum atomic E-state index is -0.908. The van der Waals surface area contributed by atoms with Gasteiger partial charge in [0.25, 0.3) is 0 Å². The van der Waals surface area contributed by atoms with E-state index in [4.69, 9.17) is 0 Å². The first kappa shape index (κ1) is 17.1. The van der Waals surface area contributed by atoms with E-state index in [2.05, 4.69) is 11.9 Å². The smallest absolute Gasteiger partial charge is 0.192 e. The zero-order chi connectivity index (χ0) is 15.9. The van der Waals surface area contributed by atoms with E-state index in [1.54, 1.807) is 0 Å². The summed E-state index contributed by atoms with van der Waals surface area (Å²) in [5, 5.41) is 0.703. The Kier molecular flexibility index (Phi) is 6.52. The van der Waals surface area contributed by atoms with Crippen molar-refractivity contribution in [2.75, 3.05) is 5.75 Å². The second-order valence-corrected chi connectivity index (χ2v) is 7.38. The predicted molar refractivity (Wildman–Crippen MR) is 94.8 cm³/mol. The average Bonchev–Trinajstić information content (AvgIpc) is 2.52. The summed E-state index contributed by atoms with van der Waals surface area (Å²) in [4.78, 5) is 15.6. The molecule has 0 spiro atoms. The van der Waals surface area contributed by atoms with E-state index in [9.17, 15) is 9.35 Å². The van der Waals surface area contributed by atoms with Gasteiger partial charge in [-0.15, -0.1) is 0 Å². The largest absolute Gasteiger partial charge is 0.616 e. The molecule has 1 aromatic heterocycles. The minimum absolute atomic E-state index is 0.0456. The Morgan fingerprint density at radius 1 is 1.14 bits per heavy atom. The van der Waals surface area contributed by atoms with E-state index in [0.717, 1.165) is 29.8 Å². The van der Waals surface area contributed by atoms with Crippen LogP contribution in [0.2, 0.25) is 0 Å². The van der Waals surface area contributed by atoms with Crippen LogP contribution in [0.5, 0.6) is 0 Å². The summed E-state index contributed by atoms with van der Waals surface area (Å²) < 4.78 is 12.2. The Morgan fingerprint density at radius 3 is 2.64 bits per heavy atom. The lowest BCUT2D eigenvalue weighted by atomic mass is 10.1. The van der Waals surface area contributed by atoms with Gasteiger partial charge < -0.3 is 9.54 Å². The maximum Gasteiger partial charge on any atom is 0.192 e. The van der Waals surface area contributed by atoms with Crippen molar-refractivity contribution in [2.24, 2.45) is 0 Å². The highest BCUT2D eigenvalue weighted by atomic mass is 32.2. The number of hydrogen-bond acceptors (Lipinski definition) is 2. The molecule has 1 atom stereocenters. The SMILES string of the molecule is CCCCCCC[S+]([O-])Cc1[nH]c2ccccc2c(=O)c1C. The molecule has 22 heavy (non-hydrogen) atoms. The molecule has 1 heterocycles. The van der Waals surface area contributed by atoms with Gasteiger partial charge in [-0.2, -0.15) is 0 Å². The quantitative estimate of drug-likeness (QED) is 0.589. The first-order valence-corrected chi connectivity index (χ1v) is 9.57. The van der Waals surface area contributed by atoms with E-state index in [-0.39, 0.29) is 5.43 Å². The Morgan fingerprint density at radius 2 is 1.86 bits per heavy atom. The molecule has 0 aliphatic rings. The van der Waals surface area contributed by atoms with Gasteiger partial charge in [0.05, 0.1) is 5.69 Å². The molecule has 2 aromatic rings. The Bertz CT molecular complexity index is 666. The third-order valence-electron chi connectivity index (χ3n) is 4.03. The molecule has 0 saturated carbocycles. The number of H-pyrrole nitrogens is 1. The normalized spacial score (nSPS) is 12.7. The van der Waals surface area contributed by atoms with E-state index < -0.39 is 11.2 Å². The molecule has 0 bridgehead atoms. The lowest BCUT2D eigenvalue weighted by Crippen LogP contribution is -2.17. The van der Waals surface area contributed by atoms with Crippen LogP contribution in [0, 0.1) is 6.92 Å². The van der Waals surface area contributed by atoms with Crippen molar-refractivity contribution in [1.29, 1.82) is 0 Å². The lowest BCUT2D eigenvalue weighted by Gasteiger charge is -2.13. The summed E-state index contributed by atoms with van der Waals surface area (Å²) in [6.45, 7) is 4.01. The third-order valence-corrected chi connectivity index (χ3v) is 5.39.